The van der Waals surface area contributed by atoms with Gasteiger partial charge in [-0.25, -0.2) is 0 Å². The number of Topliss-reactive ketones (excluding diaryl/α,β-unsaturated/α-hetero) is 1. The van der Waals surface area contributed by atoms with Crippen LogP contribution in [0.1, 0.15) is 65.2 Å². The molecule has 2 aliphatic rings. The molecule has 0 bridgehead atoms. The maximum absolute atomic E-state index is 11.3. The summed E-state index contributed by atoms with van der Waals surface area (Å²) in [7, 11) is 0. The maximum atomic E-state index is 11.3. The molecule has 0 aliphatic heterocycles. The highest BCUT2D eigenvalue weighted by atomic mass is 16.1. The van der Waals surface area contributed by atoms with Crippen molar-refractivity contribution in [2.75, 3.05) is 0 Å². The van der Waals surface area contributed by atoms with Gasteiger partial charge < -0.3 is 0 Å². The molecule has 0 radical (unpaired) electrons. The summed E-state index contributed by atoms with van der Waals surface area (Å²) in [5.41, 5.74) is 0.674. The first-order valence-corrected chi connectivity index (χ1v) is 6.59. The minimum atomic E-state index is 0.399. The van der Waals surface area contributed by atoms with Crippen molar-refractivity contribution in [3.8, 4) is 0 Å². The van der Waals surface area contributed by atoms with Crippen LogP contribution in [0.15, 0.2) is 0 Å². The van der Waals surface area contributed by atoms with E-state index in [0.29, 0.717) is 17.1 Å². The zero-order valence-electron chi connectivity index (χ0n) is 10.2. The van der Waals surface area contributed by atoms with Gasteiger partial charge in [0, 0.05) is 5.92 Å². The molecule has 1 nitrogen and oxygen atoms in total. The number of carbonyl (C=O) groups is 1. The van der Waals surface area contributed by atoms with Gasteiger partial charge in [0.25, 0.3) is 0 Å². The van der Waals surface area contributed by atoms with Gasteiger partial charge in [-0.2, -0.15) is 0 Å². The standard InChI is InChI=1S/C14H24O/c1-11(15)13-6-4-12(5-7-13)10-14(2)8-3-9-14/h12-13H,3-10H2,1-2H3. The summed E-state index contributed by atoms with van der Waals surface area (Å²) in [5, 5.41) is 0. The van der Waals surface area contributed by atoms with Gasteiger partial charge in [0.05, 0.1) is 0 Å². The van der Waals surface area contributed by atoms with Crippen LogP contribution < -0.4 is 0 Å². The molecule has 2 saturated carbocycles. The number of rotatable bonds is 3. The van der Waals surface area contributed by atoms with Gasteiger partial charge >= 0.3 is 0 Å². The molecule has 0 unspecified atom stereocenters. The fourth-order valence-corrected chi connectivity index (χ4v) is 3.45. The first-order chi connectivity index (χ1) is 7.09. The van der Waals surface area contributed by atoms with Gasteiger partial charge in [-0.1, -0.05) is 13.3 Å². The van der Waals surface area contributed by atoms with Crippen LogP contribution in [0.4, 0.5) is 0 Å². The van der Waals surface area contributed by atoms with E-state index in [1.165, 1.54) is 38.5 Å². The van der Waals surface area contributed by atoms with Crippen LogP contribution in [-0.2, 0) is 4.79 Å². The zero-order valence-corrected chi connectivity index (χ0v) is 10.2. The number of hydrogen-bond acceptors (Lipinski definition) is 1. The van der Waals surface area contributed by atoms with Crippen molar-refractivity contribution in [3.63, 3.8) is 0 Å². The monoisotopic (exact) mass is 208 g/mol. The topological polar surface area (TPSA) is 17.1 Å². The Balaban J connectivity index is 1.76. The smallest absolute Gasteiger partial charge is 0.132 e. The lowest BCUT2D eigenvalue weighted by Crippen LogP contribution is -2.30. The van der Waals surface area contributed by atoms with Gasteiger partial charge in [-0.3, -0.25) is 4.79 Å². The molecule has 0 atom stereocenters. The normalized spacial score (nSPS) is 34.5. The van der Waals surface area contributed by atoms with Crippen LogP contribution >= 0.6 is 0 Å². The molecule has 2 rings (SSSR count). The Hall–Kier alpha value is -0.330. The molecule has 15 heavy (non-hydrogen) atoms. The van der Waals surface area contributed by atoms with Crippen LogP contribution in [0.3, 0.4) is 0 Å². The second-order valence-electron chi connectivity index (χ2n) is 6.20. The summed E-state index contributed by atoms with van der Waals surface area (Å²) in [6.07, 6.45) is 10.7. The summed E-state index contributed by atoms with van der Waals surface area (Å²) in [5.74, 6) is 1.74. The Morgan fingerprint density at radius 1 is 1.20 bits per heavy atom. The Labute approximate surface area is 93.6 Å². The highest BCUT2D eigenvalue weighted by Crippen LogP contribution is 2.48. The number of carbonyl (C=O) groups excluding carboxylic acids is 1. The van der Waals surface area contributed by atoms with E-state index < -0.39 is 0 Å². The Kier molecular flexibility index (Phi) is 3.18. The van der Waals surface area contributed by atoms with E-state index in [1.807, 2.05) is 0 Å². The average Bonchev–Trinajstić information content (AvgIpc) is 2.16. The molecular formula is C14H24O. The second kappa shape index (κ2) is 4.27. The third kappa shape index (κ3) is 2.62. The second-order valence-corrected chi connectivity index (χ2v) is 6.20. The first kappa shape index (κ1) is 11.2. The molecule has 2 aliphatic carbocycles. The fraction of sp³-hybridized carbons (Fsp3) is 0.929. The Morgan fingerprint density at radius 3 is 2.20 bits per heavy atom. The quantitative estimate of drug-likeness (QED) is 0.686. The van der Waals surface area contributed by atoms with Crippen LogP contribution in [0, 0.1) is 17.3 Å². The predicted octanol–water partition coefficient (Wildman–Crippen LogP) is 3.96. The summed E-state index contributed by atoms with van der Waals surface area (Å²) in [6, 6.07) is 0. The summed E-state index contributed by atoms with van der Waals surface area (Å²) < 4.78 is 0. The van der Waals surface area contributed by atoms with Gasteiger partial charge in [0.15, 0.2) is 0 Å². The molecule has 0 aromatic heterocycles. The SMILES string of the molecule is CC(=O)C1CCC(CC2(C)CCC2)CC1. The molecule has 0 amide bonds. The summed E-state index contributed by atoms with van der Waals surface area (Å²) >= 11 is 0. The molecule has 1 heteroatoms. The molecule has 0 aromatic carbocycles. The maximum Gasteiger partial charge on any atom is 0.132 e. The molecule has 2 fully saturated rings. The van der Waals surface area contributed by atoms with E-state index in [-0.39, 0.29) is 0 Å². The van der Waals surface area contributed by atoms with E-state index in [9.17, 15) is 4.79 Å². The lowest BCUT2D eigenvalue weighted by Gasteiger charge is -2.42. The lowest BCUT2D eigenvalue weighted by atomic mass is 9.63. The summed E-state index contributed by atoms with van der Waals surface area (Å²) in [6.45, 7) is 4.21. The Morgan fingerprint density at radius 2 is 1.80 bits per heavy atom. The molecular weight excluding hydrogens is 184 g/mol. The number of ketones is 1. The highest BCUT2D eigenvalue weighted by molar-refractivity contribution is 5.78. The minimum absolute atomic E-state index is 0.399. The lowest BCUT2D eigenvalue weighted by molar-refractivity contribution is -0.122. The summed E-state index contributed by atoms with van der Waals surface area (Å²) in [4.78, 5) is 11.3. The third-order valence-electron chi connectivity index (χ3n) is 4.76. The molecule has 0 N–H and O–H groups in total. The van der Waals surface area contributed by atoms with E-state index in [2.05, 4.69) is 6.92 Å². The van der Waals surface area contributed by atoms with Gasteiger partial charge in [-0.05, 0) is 63.2 Å². The van der Waals surface area contributed by atoms with Crippen molar-refractivity contribution in [3.05, 3.63) is 0 Å². The molecule has 0 saturated heterocycles. The van der Waals surface area contributed by atoms with Crippen LogP contribution in [0.2, 0.25) is 0 Å². The van der Waals surface area contributed by atoms with E-state index in [0.717, 1.165) is 18.8 Å². The molecule has 86 valence electrons. The van der Waals surface area contributed by atoms with Crippen molar-refractivity contribution >= 4 is 5.78 Å². The van der Waals surface area contributed by atoms with Crippen molar-refractivity contribution < 1.29 is 4.79 Å². The average molecular weight is 208 g/mol. The van der Waals surface area contributed by atoms with Gasteiger partial charge in [0.1, 0.15) is 5.78 Å². The van der Waals surface area contributed by atoms with Gasteiger partial charge in [0.2, 0.25) is 0 Å². The van der Waals surface area contributed by atoms with E-state index in [1.54, 1.807) is 6.92 Å². The van der Waals surface area contributed by atoms with E-state index >= 15 is 0 Å². The van der Waals surface area contributed by atoms with Crippen molar-refractivity contribution in [1.29, 1.82) is 0 Å². The Bertz CT molecular complexity index is 232. The van der Waals surface area contributed by atoms with Crippen LogP contribution in [0.25, 0.3) is 0 Å². The molecule has 0 aromatic rings. The first-order valence-electron chi connectivity index (χ1n) is 6.59. The van der Waals surface area contributed by atoms with Crippen molar-refractivity contribution in [2.24, 2.45) is 17.3 Å². The third-order valence-corrected chi connectivity index (χ3v) is 4.76. The molecule has 0 heterocycles. The van der Waals surface area contributed by atoms with E-state index in [4.69, 9.17) is 0 Å². The van der Waals surface area contributed by atoms with Crippen molar-refractivity contribution in [1.82, 2.24) is 0 Å². The predicted molar refractivity (Wildman–Crippen MR) is 62.7 cm³/mol. The van der Waals surface area contributed by atoms with Gasteiger partial charge in [-0.15, -0.1) is 0 Å². The zero-order chi connectivity index (χ0) is 10.9. The highest BCUT2D eigenvalue weighted by Gasteiger charge is 2.35. The number of hydrogen-bond donors (Lipinski definition) is 0. The minimum Gasteiger partial charge on any atom is -0.300 e. The fourth-order valence-electron chi connectivity index (χ4n) is 3.45. The largest absolute Gasteiger partial charge is 0.300 e. The van der Waals surface area contributed by atoms with Crippen molar-refractivity contribution in [2.45, 2.75) is 65.2 Å². The molecule has 0 spiro atoms. The van der Waals surface area contributed by atoms with Crippen LogP contribution in [-0.4, -0.2) is 5.78 Å². The van der Waals surface area contributed by atoms with Crippen LogP contribution in [0.5, 0.6) is 0 Å².